The van der Waals surface area contributed by atoms with E-state index in [2.05, 4.69) is 5.32 Å². The number of benzene rings is 2. The van der Waals surface area contributed by atoms with Crippen LogP contribution in [0.4, 0.5) is 4.39 Å². The Kier molecular flexibility index (Phi) is 4.93. The van der Waals surface area contributed by atoms with Crippen molar-refractivity contribution in [3.05, 3.63) is 83.7 Å². The van der Waals surface area contributed by atoms with E-state index in [9.17, 15) is 18.8 Å². The van der Waals surface area contributed by atoms with Crippen molar-refractivity contribution in [1.29, 1.82) is 0 Å². The summed E-state index contributed by atoms with van der Waals surface area (Å²) in [6.45, 7) is 0.344. The summed E-state index contributed by atoms with van der Waals surface area (Å²) in [7, 11) is 0. The van der Waals surface area contributed by atoms with Gasteiger partial charge in [-0.25, -0.2) is 4.39 Å². The van der Waals surface area contributed by atoms with Crippen molar-refractivity contribution < 1.29 is 18.8 Å². The number of amides is 3. The molecular formula is C25H23FN2O3. The fourth-order valence-electron chi connectivity index (χ4n) is 5.35. The van der Waals surface area contributed by atoms with Crippen LogP contribution in [0.5, 0.6) is 0 Å². The topological polar surface area (TPSA) is 66.5 Å². The molecular weight excluding hydrogens is 395 g/mol. The molecule has 0 radical (unpaired) electrons. The summed E-state index contributed by atoms with van der Waals surface area (Å²) in [6.07, 6.45) is 4.80. The number of halogens is 1. The summed E-state index contributed by atoms with van der Waals surface area (Å²) in [4.78, 5) is 40.6. The molecule has 1 N–H and O–H groups in total. The van der Waals surface area contributed by atoms with Crippen LogP contribution in [-0.2, 0) is 20.9 Å². The molecule has 5 unspecified atom stereocenters. The second-order valence-corrected chi connectivity index (χ2v) is 8.58. The molecule has 2 aliphatic carbocycles. The minimum absolute atomic E-state index is 0.0801. The summed E-state index contributed by atoms with van der Waals surface area (Å²) < 4.78 is 14.0. The molecule has 31 heavy (non-hydrogen) atoms. The molecule has 0 aromatic heterocycles. The Balaban J connectivity index is 1.40. The van der Waals surface area contributed by atoms with Gasteiger partial charge in [-0.05, 0) is 41.5 Å². The van der Waals surface area contributed by atoms with Gasteiger partial charge in [-0.3, -0.25) is 19.3 Å². The lowest BCUT2D eigenvalue weighted by atomic mass is 9.85. The highest BCUT2D eigenvalue weighted by atomic mass is 19.1. The molecule has 2 aromatic rings. The van der Waals surface area contributed by atoms with Gasteiger partial charge in [-0.1, -0.05) is 54.6 Å². The van der Waals surface area contributed by atoms with E-state index in [1.54, 1.807) is 6.07 Å². The molecule has 158 valence electrons. The van der Waals surface area contributed by atoms with E-state index in [-0.39, 0.29) is 47.8 Å². The molecule has 1 aliphatic heterocycles. The van der Waals surface area contributed by atoms with Crippen LogP contribution in [0, 0.1) is 29.5 Å². The first kappa shape index (κ1) is 19.7. The standard InChI is InChI=1S/C25H23FN2O3/c26-19-8-4-7-16(12-19)20(13-21(29)27-14-15-5-2-1-3-6-15)28-24(30)22-17-9-10-18(11-17)23(22)25(28)31/h1-10,12,17-18,20,22-23H,11,13-14H2,(H,27,29). The van der Waals surface area contributed by atoms with Crippen molar-refractivity contribution in [3.63, 3.8) is 0 Å². The number of nitrogens with one attached hydrogen (secondary N) is 1. The maximum atomic E-state index is 14.0. The van der Waals surface area contributed by atoms with E-state index >= 15 is 0 Å². The Hall–Kier alpha value is -3.28. The fraction of sp³-hybridized carbons (Fsp3) is 0.320. The van der Waals surface area contributed by atoms with Crippen molar-refractivity contribution in [1.82, 2.24) is 10.2 Å². The van der Waals surface area contributed by atoms with Crippen molar-refractivity contribution >= 4 is 17.7 Å². The van der Waals surface area contributed by atoms with Gasteiger partial charge in [-0.2, -0.15) is 0 Å². The van der Waals surface area contributed by atoms with Gasteiger partial charge < -0.3 is 5.32 Å². The summed E-state index contributed by atoms with van der Waals surface area (Å²) in [5, 5.41) is 2.85. The number of likely N-dealkylation sites (tertiary alicyclic amines) is 1. The first-order valence-corrected chi connectivity index (χ1v) is 10.6. The lowest BCUT2D eigenvalue weighted by Crippen LogP contribution is -2.39. The minimum Gasteiger partial charge on any atom is -0.352 e. The minimum atomic E-state index is -0.823. The van der Waals surface area contributed by atoms with E-state index in [0.717, 1.165) is 12.0 Å². The van der Waals surface area contributed by atoms with Crippen LogP contribution >= 0.6 is 0 Å². The van der Waals surface area contributed by atoms with Crippen molar-refractivity contribution in [2.45, 2.75) is 25.4 Å². The molecule has 5 nitrogen and oxygen atoms in total. The number of carbonyl (C=O) groups excluding carboxylic acids is 3. The van der Waals surface area contributed by atoms with E-state index in [0.29, 0.717) is 12.1 Å². The number of rotatable bonds is 6. The molecule has 2 fully saturated rings. The van der Waals surface area contributed by atoms with Gasteiger partial charge in [0.2, 0.25) is 17.7 Å². The molecule has 0 spiro atoms. The Morgan fingerprint density at radius 1 is 1.00 bits per heavy atom. The third-order valence-corrected chi connectivity index (χ3v) is 6.76. The summed E-state index contributed by atoms with van der Waals surface area (Å²) >= 11 is 0. The average Bonchev–Trinajstić information content (AvgIpc) is 3.45. The Morgan fingerprint density at radius 3 is 2.32 bits per heavy atom. The Morgan fingerprint density at radius 2 is 1.68 bits per heavy atom. The monoisotopic (exact) mass is 418 g/mol. The van der Waals surface area contributed by atoms with Gasteiger partial charge in [0.25, 0.3) is 0 Å². The first-order valence-electron chi connectivity index (χ1n) is 10.6. The van der Waals surface area contributed by atoms with Crippen LogP contribution in [0.25, 0.3) is 0 Å². The van der Waals surface area contributed by atoms with Crippen LogP contribution in [0.1, 0.15) is 30.0 Å². The molecule has 5 atom stereocenters. The zero-order valence-corrected chi connectivity index (χ0v) is 16.9. The number of allylic oxidation sites excluding steroid dienone is 2. The summed E-state index contributed by atoms with van der Waals surface area (Å²) in [6, 6.07) is 14.5. The average molecular weight is 418 g/mol. The molecule has 3 aliphatic rings. The van der Waals surface area contributed by atoms with Gasteiger partial charge >= 0.3 is 0 Å². The second kappa shape index (κ2) is 7.76. The molecule has 3 amide bonds. The van der Waals surface area contributed by atoms with Crippen molar-refractivity contribution in [2.75, 3.05) is 0 Å². The predicted octanol–water partition coefficient (Wildman–Crippen LogP) is 3.38. The zero-order chi connectivity index (χ0) is 21.5. The van der Waals surface area contributed by atoms with E-state index in [4.69, 9.17) is 0 Å². The largest absolute Gasteiger partial charge is 0.352 e. The van der Waals surface area contributed by atoms with Crippen LogP contribution in [-0.4, -0.2) is 22.6 Å². The highest BCUT2D eigenvalue weighted by molar-refractivity contribution is 6.07. The van der Waals surface area contributed by atoms with Crippen LogP contribution < -0.4 is 5.32 Å². The lowest BCUT2D eigenvalue weighted by Gasteiger charge is -2.28. The molecule has 1 saturated carbocycles. The second-order valence-electron chi connectivity index (χ2n) is 8.58. The van der Waals surface area contributed by atoms with Gasteiger partial charge in [0.1, 0.15) is 5.82 Å². The molecule has 5 rings (SSSR count). The van der Waals surface area contributed by atoms with E-state index < -0.39 is 11.9 Å². The molecule has 6 heteroatoms. The highest BCUT2D eigenvalue weighted by Gasteiger charge is 2.60. The smallest absolute Gasteiger partial charge is 0.234 e. The van der Waals surface area contributed by atoms with Crippen LogP contribution in [0.15, 0.2) is 66.7 Å². The molecule has 2 aromatic carbocycles. The lowest BCUT2D eigenvalue weighted by molar-refractivity contribution is -0.144. The first-order chi connectivity index (χ1) is 15.0. The maximum Gasteiger partial charge on any atom is 0.234 e. The summed E-state index contributed by atoms with van der Waals surface area (Å²) in [5.41, 5.74) is 1.40. The van der Waals surface area contributed by atoms with Crippen LogP contribution in [0.3, 0.4) is 0 Å². The van der Waals surface area contributed by atoms with Gasteiger partial charge in [0, 0.05) is 6.54 Å². The summed E-state index contributed by atoms with van der Waals surface area (Å²) in [5.74, 6) is -1.79. The van der Waals surface area contributed by atoms with Gasteiger partial charge in [-0.15, -0.1) is 0 Å². The number of hydrogen-bond acceptors (Lipinski definition) is 3. The van der Waals surface area contributed by atoms with Gasteiger partial charge in [0.15, 0.2) is 0 Å². The molecule has 2 bridgehead atoms. The molecule has 1 heterocycles. The number of carbonyl (C=O) groups is 3. The fourth-order valence-corrected chi connectivity index (χ4v) is 5.35. The Bertz CT molecular complexity index is 1040. The van der Waals surface area contributed by atoms with E-state index in [1.165, 1.54) is 23.1 Å². The number of nitrogens with zero attached hydrogens (tertiary/aromatic N) is 1. The van der Waals surface area contributed by atoms with Crippen molar-refractivity contribution in [2.24, 2.45) is 23.7 Å². The van der Waals surface area contributed by atoms with Crippen LogP contribution in [0.2, 0.25) is 0 Å². The number of hydrogen-bond donors (Lipinski definition) is 1. The third-order valence-electron chi connectivity index (χ3n) is 6.76. The van der Waals surface area contributed by atoms with Crippen molar-refractivity contribution in [3.8, 4) is 0 Å². The zero-order valence-electron chi connectivity index (χ0n) is 16.9. The Labute approximate surface area is 179 Å². The highest BCUT2D eigenvalue weighted by Crippen LogP contribution is 2.54. The third kappa shape index (κ3) is 3.46. The quantitative estimate of drug-likeness (QED) is 0.578. The van der Waals surface area contributed by atoms with Gasteiger partial charge in [0.05, 0.1) is 24.3 Å². The van der Waals surface area contributed by atoms with E-state index in [1.807, 2.05) is 42.5 Å². The normalized spacial score (nSPS) is 26.9. The predicted molar refractivity (Wildman–Crippen MR) is 112 cm³/mol. The molecule has 1 saturated heterocycles. The number of fused-ring (bicyclic) bond motifs is 5. The number of imide groups is 1. The maximum absolute atomic E-state index is 14.0. The SMILES string of the molecule is O=C(CC(c1cccc(F)c1)N1C(=O)C2C3C=CC(C3)C2C1=O)NCc1ccccc1.